The van der Waals surface area contributed by atoms with Gasteiger partial charge in [0.1, 0.15) is 12.2 Å². The highest BCUT2D eigenvalue weighted by molar-refractivity contribution is 6.39. The molecule has 2 aliphatic heterocycles. The van der Waals surface area contributed by atoms with Crippen molar-refractivity contribution in [2.45, 2.75) is 20.5 Å². The third kappa shape index (κ3) is 4.97. The number of carbonyl (C=O) groups excluding carboxylic acids is 3. The van der Waals surface area contributed by atoms with Gasteiger partial charge >= 0.3 is 6.03 Å². The molecule has 9 heteroatoms. The molecule has 5 rings (SSSR count). The standard InChI is InChI=1S/C28H24N2O7/c1-3-34-24-13-19(8-10-22(24)35-15-18-6-4-17(2)5-7-18)12-21-26(31)29-28(33)30(27(21)32)20-9-11-23-25(14-20)37-16-36-23/h4-14H,3,15-16H2,1-2H3,(H,29,31,33)/b21-12+. The number of rotatable bonds is 7. The lowest BCUT2D eigenvalue weighted by Gasteiger charge is -2.26. The van der Waals surface area contributed by atoms with Gasteiger partial charge in [0, 0.05) is 6.07 Å². The molecule has 0 atom stereocenters. The summed E-state index contributed by atoms with van der Waals surface area (Å²) in [5.74, 6) is 0.365. The van der Waals surface area contributed by atoms with Crippen LogP contribution in [0.2, 0.25) is 0 Å². The van der Waals surface area contributed by atoms with Gasteiger partial charge in [0.05, 0.1) is 12.3 Å². The van der Waals surface area contributed by atoms with Crippen LogP contribution in [0.25, 0.3) is 6.08 Å². The fraction of sp³-hybridized carbons (Fsp3) is 0.179. The van der Waals surface area contributed by atoms with Crippen molar-refractivity contribution in [1.29, 1.82) is 0 Å². The Hall–Kier alpha value is -4.79. The second kappa shape index (κ2) is 10.1. The molecular weight excluding hydrogens is 476 g/mol. The molecule has 0 spiro atoms. The molecule has 188 valence electrons. The Kier molecular flexibility index (Phi) is 6.51. The molecule has 3 aromatic rings. The number of barbiturate groups is 1. The number of urea groups is 1. The smallest absolute Gasteiger partial charge is 0.335 e. The van der Waals surface area contributed by atoms with Crippen LogP contribution in [0.1, 0.15) is 23.6 Å². The maximum absolute atomic E-state index is 13.3. The molecule has 0 radical (unpaired) electrons. The monoisotopic (exact) mass is 500 g/mol. The first-order valence-electron chi connectivity index (χ1n) is 11.7. The fourth-order valence-electron chi connectivity index (χ4n) is 3.93. The van der Waals surface area contributed by atoms with Crippen LogP contribution in [0.3, 0.4) is 0 Å². The minimum Gasteiger partial charge on any atom is -0.490 e. The third-order valence-corrected chi connectivity index (χ3v) is 5.81. The van der Waals surface area contributed by atoms with E-state index in [2.05, 4.69) is 5.32 Å². The van der Waals surface area contributed by atoms with E-state index in [1.165, 1.54) is 12.1 Å². The molecule has 2 aliphatic rings. The van der Waals surface area contributed by atoms with Crippen molar-refractivity contribution in [3.8, 4) is 23.0 Å². The van der Waals surface area contributed by atoms with E-state index in [0.717, 1.165) is 16.0 Å². The van der Waals surface area contributed by atoms with E-state index in [1.807, 2.05) is 38.1 Å². The number of hydrogen-bond donors (Lipinski definition) is 1. The summed E-state index contributed by atoms with van der Waals surface area (Å²) in [4.78, 5) is 39.3. The molecular formula is C28H24N2O7. The zero-order chi connectivity index (χ0) is 25.9. The minimum absolute atomic E-state index is 0.0511. The van der Waals surface area contributed by atoms with Gasteiger partial charge < -0.3 is 18.9 Å². The number of carbonyl (C=O) groups is 3. The second-order valence-electron chi connectivity index (χ2n) is 8.41. The molecule has 0 unspecified atom stereocenters. The summed E-state index contributed by atoms with van der Waals surface area (Å²) in [5, 5.41) is 2.22. The molecule has 1 N–H and O–H groups in total. The molecule has 3 aromatic carbocycles. The zero-order valence-electron chi connectivity index (χ0n) is 20.3. The zero-order valence-corrected chi connectivity index (χ0v) is 20.3. The number of benzene rings is 3. The third-order valence-electron chi connectivity index (χ3n) is 5.81. The average molecular weight is 501 g/mol. The summed E-state index contributed by atoms with van der Waals surface area (Å²) in [5.41, 5.74) is 2.76. The maximum Gasteiger partial charge on any atom is 0.335 e. The first-order valence-corrected chi connectivity index (χ1v) is 11.7. The van der Waals surface area contributed by atoms with Gasteiger partial charge in [-0.25, -0.2) is 9.69 Å². The lowest BCUT2D eigenvalue weighted by atomic mass is 10.1. The van der Waals surface area contributed by atoms with E-state index in [0.29, 0.717) is 41.8 Å². The number of imide groups is 2. The Morgan fingerprint density at radius 1 is 0.919 bits per heavy atom. The summed E-state index contributed by atoms with van der Waals surface area (Å²) in [6, 6.07) is 16.9. The van der Waals surface area contributed by atoms with Crippen LogP contribution in [0.15, 0.2) is 66.2 Å². The normalized spacial score (nSPS) is 15.7. The maximum atomic E-state index is 13.3. The van der Waals surface area contributed by atoms with Gasteiger partial charge in [0.25, 0.3) is 11.8 Å². The molecule has 0 aromatic heterocycles. The van der Waals surface area contributed by atoms with Gasteiger partial charge in [0.2, 0.25) is 6.79 Å². The number of fused-ring (bicyclic) bond motifs is 1. The Morgan fingerprint density at radius 3 is 2.49 bits per heavy atom. The van der Waals surface area contributed by atoms with Crippen molar-refractivity contribution < 1.29 is 33.3 Å². The Balaban J connectivity index is 1.41. The van der Waals surface area contributed by atoms with Crippen LogP contribution in [0, 0.1) is 6.92 Å². The van der Waals surface area contributed by atoms with E-state index in [-0.39, 0.29) is 18.1 Å². The lowest BCUT2D eigenvalue weighted by molar-refractivity contribution is -0.122. The van der Waals surface area contributed by atoms with E-state index in [4.69, 9.17) is 18.9 Å². The SMILES string of the molecule is CCOc1cc(/C=C2\C(=O)NC(=O)N(c3ccc4c(c3)OCO4)C2=O)ccc1OCc1ccc(C)cc1. The van der Waals surface area contributed by atoms with Crippen LogP contribution in [-0.2, 0) is 16.2 Å². The summed E-state index contributed by atoms with van der Waals surface area (Å²) < 4.78 is 22.3. The first-order chi connectivity index (χ1) is 17.9. The van der Waals surface area contributed by atoms with E-state index in [1.54, 1.807) is 30.3 Å². The summed E-state index contributed by atoms with van der Waals surface area (Å²) in [6.07, 6.45) is 1.41. The number of nitrogens with zero attached hydrogens (tertiary/aromatic N) is 1. The van der Waals surface area contributed by atoms with Crippen molar-refractivity contribution in [1.82, 2.24) is 5.32 Å². The van der Waals surface area contributed by atoms with Crippen LogP contribution >= 0.6 is 0 Å². The summed E-state index contributed by atoms with van der Waals surface area (Å²) in [6.45, 7) is 4.67. The number of ether oxygens (including phenoxy) is 4. The predicted octanol–water partition coefficient (Wildman–Crippen LogP) is 4.37. The van der Waals surface area contributed by atoms with Crippen LogP contribution < -0.4 is 29.2 Å². The highest BCUT2D eigenvalue weighted by atomic mass is 16.7. The Morgan fingerprint density at radius 2 is 1.70 bits per heavy atom. The van der Waals surface area contributed by atoms with Gasteiger partial charge in [-0.15, -0.1) is 0 Å². The topological polar surface area (TPSA) is 103 Å². The summed E-state index contributed by atoms with van der Waals surface area (Å²) in [7, 11) is 0. The predicted molar refractivity (Wildman–Crippen MR) is 135 cm³/mol. The van der Waals surface area contributed by atoms with Gasteiger partial charge in [-0.1, -0.05) is 35.9 Å². The van der Waals surface area contributed by atoms with Crippen LogP contribution in [0.5, 0.6) is 23.0 Å². The van der Waals surface area contributed by atoms with Gasteiger partial charge in [-0.3, -0.25) is 14.9 Å². The highest BCUT2D eigenvalue weighted by Crippen LogP contribution is 2.36. The van der Waals surface area contributed by atoms with Crippen LogP contribution in [-0.4, -0.2) is 31.2 Å². The van der Waals surface area contributed by atoms with Gasteiger partial charge in [-0.05, 0) is 55.3 Å². The number of amides is 4. The highest BCUT2D eigenvalue weighted by Gasteiger charge is 2.37. The van der Waals surface area contributed by atoms with Crippen molar-refractivity contribution in [2.75, 3.05) is 18.3 Å². The fourth-order valence-corrected chi connectivity index (χ4v) is 3.93. The van der Waals surface area contributed by atoms with Crippen molar-refractivity contribution in [3.05, 3.63) is 82.9 Å². The molecule has 0 aliphatic carbocycles. The van der Waals surface area contributed by atoms with E-state index < -0.39 is 17.8 Å². The summed E-state index contributed by atoms with van der Waals surface area (Å²) >= 11 is 0. The molecule has 9 nitrogen and oxygen atoms in total. The number of aryl methyl sites for hydroxylation is 1. The lowest BCUT2D eigenvalue weighted by Crippen LogP contribution is -2.54. The molecule has 37 heavy (non-hydrogen) atoms. The van der Waals surface area contributed by atoms with E-state index in [9.17, 15) is 14.4 Å². The van der Waals surface area contributed by atoms with Crippen LogP contribution in [0.4, 0.5) is 10.5 Å². The molecule has 2 heterocycles. The first kappa shape index (κ1) is 23.9. The average Bonchev–Trinajstić information content (AvgIpc) is 3.35. The van der Waals surface area contributed by atoms with Crippen molar-refractivity contribution in [2.24, 2.45) is 0 Å². The molecule has 4 amide bonds. The second-order valence-corrected chi connectivity index (χ2v) is 8.41. The van der Waals surface area contributed by atoms with Crippen molar-refractivity contribution >= 4 is 29.6 Å². The van der Waals surface area contributed by atoms with E-state index >= 15 is 0 Å². The molecule has 0 saturated carbocycles. The molecule has 0 bridgehead atoms. The minimum atomic E-state index is -0.846. The molecule has 1 fully saturated rings. The number of anilines is 1. The largest absolute Gasteiger partial charge is 0.490 e. The van der Waals surface area contributed by atoms with Gasteiger partial charge in [0.15, 0.2) is 23.0 Å². The quantitative estimate of drug-likeness (QED) is 0.380. The number of nitrogens with one attached hydrogen (secondary N) is 1. The number of hydrogen-bond acceptors (Lipinski definition) is 7. The molecule has 1 saturated heterocycles. The Bertz CT molecular complexity index is 1410. The van der Waals surface area contributed by atoms with Gasteiger partial charge in [-0.2, -0.15) is 0 Å². The Labute approximate surface area is 213 Å². The van der Waals surface area contributed by atoms with Crippen molar-refractivity contribution in [3.63, 3.8) is 0 Å².